The zero-order valence-corrected chi connectivity index (χ0v) is 8.64. The molecule has 0 spiro atoms. The maximum absolute atomic E-state index is 11.6. The standard InChI is InChI=1S/C10H13O2S/c1-8(2)13(11,12)10-6-4-9(3)5-7-10/h4-8H,3H2,1-2H3. The van der Waals surface area contributed by atoms with E-state index < -0.39 is 9.84 Å². The van der Waals surface area contributed by atoms with E-state index in [2.05, 4.69) is 6.92 Å². The van der Waals surface area contributed by atoms with E-state index in [1.54, 1.807) is 38.1 Å². The molecule has 0 aromatic heterocycles. The van der Waals surface area contributed by atoms with Gasteiger partial charge in [-0.25, -0.2) is 8.42 Å². The topological polar surface area (TPSA) is 34.1 Å². The van der Waals surface area contributed by atoms with Gasteiger partial charge in [0.1, 0.15) is 0 Å². The minimum absolute atomic E-state index is 0.370. The van der Waals surface area contributed by atoms with Gasteiger partial charge in [-0.15, -0.1) is 0 Å². The van der Waals surface area contributed by atoms with Crippen molar-refractivity contribution in [2.24, 2.45) is 0 Å². The van der Waals surface area contributed by atoms with Crippen molar-refractivity contribution in [3.05, 3.63) is 36.8 Å². The van der Waals surface area contributed by atoms with E-state index >= 15 is 0 Å². The molecule has 1 aromatic carbocycles. The van der Waals surface area contributed by atoms with Gasteiger partial charge in [0, 0.05) is 0 Å². The quantitative estimate of drug-likeness (QED) is 0.727. The minimum atomic E-state index is -3.12. The van der Waals surface area contributed by atoms with Crippen LogP contribution in [-0.4, -0.2) is 13.7 Å². The highest BCUT2D eigenvalue weighted by molar-refractivity contribution is 7.92. The van der Waals surface area contributed by atoms with E-state index in [9.17, 15) is 8.42 Å². The van der Waals surface area contributed by atoms with Gasteiger partial charge in [-0.3, -0.25) is 0 Å². The van der Waals surface area contributed by atoms with Gasteiger partial charge in [0.25, 0.3) is 0 Å². The molecule has 0 bridgehead atoms. The molecule has 0 heterocycles. The van der Waals surface area contributed by atoms with E-state index in [0.717, 1.165) is 5.56 Å². The summed E-state index contributed by atoms with van der Waals surface area (Å²) in [6.07, 6.45) is 0. The van der Waals surface area contributed by atoms with Gasteiger partial charge >= 0.3 is 0 Å². The molecule has 0 aliphatic carbocycles. The summed E-state index contributed by atoms with van der Waals surface area (Å²) < 4.78 is 23.2. The van der Waals surface area contributed by atoms with Crippen LogP contribution in [0.1, 0.15) is 19.4 Å². The Morgan fingerprint density at radius 1 is 1.15 bits per heavy atom. The number of sulfone groups is 1. The predicted octanol–water partition coefficient (Wildman–Crippen LogP) is 2.05. The lowest BCUT2D eigenvalue weighted by atomic mass is 10.2. The molecular weight excluding hydrogens is 184 g/mol. The fourth-order valence-electron chi connectivity index (χ4n) is 0.951. The van der Waals surface area contributed by atoms with Crippen molar-refractivity contribution in [3.8, 4) is 0 Å². The first-order valence-electron chi connectivity index (χ1n) is 4.10. The number of hydrogen-bond donors (Lipinski definition) is 0. The number of hydrogen-bond acceptors (Lipinski definition) is 2. The molecule has 2 nitrogen and oxygen atoms in total. The zero-order valence-electron chi connectivity index (χ0n) is 7.82. The molecule has 0 unspecified atom stereocenters. The normalized spacial score (nSPS) is 12.0. The maximum Gasteiger partial charge on any atom is 0.180 e. The molecule has 1 aromatic rings. The maximum atomic E-state index is 11.6. The van der Waals surface area contributed by atoms with Crippen LogP contribution in [0.25, 0.3) is 0 Å². The van der Waals surface area contributed by atoms with E-state index in [-0.39, 0.29) is 5.25 Å². The Bertz CT molecular complexity index is 374. The second-order valence-electron chi connectivity index (χ2n) is 3.24. The second-order valence-corrected chi connectivity index (χ2v) is 5.74. The highest BCUT2D eigenvalue weighted by Gasteiger charge is 2.18. The first kappa shape index (κ1) is 10.3. The molecule has 0 saturated carbocycles. The Kier molecular flexibility index (Phi) is 2.76. The number of rotatable bonds is 2. The van der Waals surface area contributed by atoms with Gasteiger partial charge in [-0.05, 0) is 38.5 Å². The van der Waals surface area contributed by atoms with E-state index in [1.165, 1.54) is 0 Å². The Morgan fingerprint density at radius 2 is 1.62 bits per heavy atom. The van der Waals surface area contributed by atoms with E-state index in [0.29, 0.717) is 4.90 Å². The third-order valence-electron chi connectivity index (χ3n) is 1.87. The molecule has 3 heteroatoms. The summed E-state index contributed by atoms with van der Waals surface area (Å²) >= 11 is 0. The van der Waals surface area contributed by atoms with E-state index in [4.69, 9.17) is 0 Å². The van der Waals surface area contributed by atoms with Crippen LogP contribution in [0.5, 0.6) is 0 Å². The molecule has 1 radical (unpaired) electrons. The van der Waals surface area contributed by atoms with Crippen LogP contribution in [-0.2, 0) is 9.84 Å². The second kappa shape index (κ2) is 3.50. The third-order valence-corrected chi connectivity index (χ3v) is 4.04. The average molecular weight is 197 g/mol. The van der Waals surface area contributed by atoms with Crippen LogP contribution >= 0.6 is 0 Å². The summed E-state index contributed by atoms with van der Waals surface area (Å²) in [6.45, 7) is 7.04. The molecule has 0 saturated heterocycles. The van der Waals surface area contributed by atoms with Crippen molar-refractivity contribution in [1.82, 2.24) is 0 Å². The summed E-state index contributed by atoms with van der Waals surface area (Å²) in [6, 6.07) is 6.60. The molecule has 71 valence electrons. The smallest absolute Gasteiger partial charge is 0.180 e. The molecule has 1 rings (SSSR count). The van der Waals surface area contributed by atoms with Gasteiger partial charge < -0.3 is 0 Å². The molecule has 0 aliphatic rings. The van der Waals surface area contributed by atoms with Crippen molar-refractivity contribution in [1.29, 1.82) is 0 Å². The van der Waals surface area contributed by atoms with Crippen LogP contribution in [0.4, 0.5) is 0 Å². The lowest BCUT2D eigenvalue weighted by molar-refractivity contribution is 0.587. The fourth-order valence-corrected chi connectivity index (χ4v) is 2.01. The molecule has 13 heavy (non-hydrogen) atoms. The fraction of sp³-hybridized carbons (Fsp3) is 0.300. The number of benzene rings is 1. The molecule has 0 N–H and O–H groups in total. The van der Waals surface area contributed by atoms with E-state index in [1.807, 2.05) is 0 Å². The van der Waals surface area contributed by atoms with Crippen molar-refractivity contribution >= 4 is 9.84 Å². The summed E-state index contributed by atoms with van der Waals surface area (Å²) in [5.41, 5.74) is 0.822. The lowest BCUT2D eigenvalue weighted by Crippen LogP contribution is -2.13. The van der Waals surface area contributed by atoms with Gasteiger partial charge in [0.2, 0.25) is 0 Å². The Hall–Kier alpha value is -0.830. The molecule has 0 amide bonds. The summed E-state index contributed by atoms with van der Waals surface area (Å²) in [5.74, 6) is 0. The first-order valence-corrected chi connectivity index (χ1v) is 5.65. The SMILES string of the molecule is [CH2]c1ccc(S(=O)(=O)C(C)C)cc1. The summed E-state index contributed by atoms with van der Waals surface area (Å²) in [4.78, 5) is 0.370. The van der Waals surface area contributed by atoms with Crippen molar-refractivity contribution in [2.45, 2.75) is 24.0 Å². The van der Waals surface area contributed by atoms with Gasteiger partial charge in [0.15, 0.2) is 9.84 Å². The van der Waals surface area contributed by atoms with Crippen LogP contribution in [0, 0.1) is 6.92 Å². The Morgan fingerprint density at radius 3 is 2.00 bits per heavy atom. The van der Waals surface area contributed by atoms with Crippen molar-refractivity contribution < 1.29 is 8.42 Å². The zero-order chi connectivity index (χ0) is 10.1. The summed E-state index contributed by atoms with van der Waals surface area (Å²) in [7, 11) is -3.12. The minimum Gasteiger partial charge on any atom is -0.223 e. The lowest BCUT2D eigenvalue weighted by Gasteiger charge is -2.07. The highest BCUT2D eigenvalue weighted by atomic mass is 32.2. The van der Waals surface area contributed by atoms with Crippen molar-refractivity contribution in [3.63, 3.8) is 0 Å². The van der Waals surface area contributed by atoms with Crippen LogP contribution in [0.3, 0.4) is 0 Å². The van der Waals surface area contributed by atoms with Gasteiger partial charge in [-0.2, -0.15) is 0 Å². The monoisotopic (exact) mass is 197 g/mol. The average Bonchev–Trinajstić information content (AvgIpc) is 2.04. The first-order chi connectivity index (χ1) is 5.94. The van der Waals surface area contributed by atoms with Crippen LogP contribution in [0.2, 0.25) is 0 Å². The molecule has 0 atom stereocenters. The third kappa shape index (κ3) is 2.10. The van der Waals surface area contributed by atoms with Crippen LogP contribution < -0.4 is 0 Å². The van der Waals surface area contributed by atoms with Gasteiger partial charge in [-0.1, -0.05) is 12.1 Å². The van der Waals surface area contributed by atoms with Crippen LogP contribution in [0.15, 0.2) is 29.2 Å². The predicted molar refractivity (Wildman–Crippen MR) is 53.2 cm³/mol. The molecule has 0 aliphatic heterocycles. The van der Waals surface area contributed by atoms with Crippen molar-refractivity contribution in [2.75, 3.05) is 0 Å². The summed E-state index contributed by atoms with van der Waals surface area (Å²) in [5, 5.41) is -0.372. The highest BCUT2D eigenvalue weighted by Crippen LogP contribution is 2.15. The Balaban J connectivity index is 3.17. The van der Waals surface area contributed by atoms with Gasteiger partial charge in [0.05, 0.1) is 10.1 Å². The largest absolute Gasteiger partial charge is 0.223 e. The molecule has 0 fully saturated rings. The molecular formula is C10H13O2S. The Labute approximate surface area is 79.5 Å².